The van der Waals surface area contributed by atoms with E-state index in [-0.39, 0.29) is 5.92 Å². The van der Waals surface area contributed by atoms with Crippen LogP contribution < -0.4 is 4.74 Å². The van der Waals surface area contributed by atoms with Gasteiger partial charge in [0, 0.05) is 17.4 Å². The van der Waals surface area contributed by atoms with Gasteiger partial charge in [-0.2, -0.15) is 5.26 Å². The van der Waals surface area contributed by atoms with Gasteiger partial charge in [-0.25, -0.2) is 0 Å². The number of hydrogen-bond acceptors (Lipinski definition) is 2. The van der Waals surface area contributed by atoms with Crippen LogP contribution in [0.5, 0.6) is 5.75 Å². The molecule has 1 aromatic heterocycles. The molecule has 86 valence electrons. The Morgan fingerprint density at radius 3 is 2.76 bits per heavy atom. The summed E-state index contributed by atoms with van der Waals surface area (Å²) in [6.45, 7) is 0. The third-order valence-electron chi connectivity index (χ3n) is 2.60. The zero-order valence-electron chi connectivity index (χ0n) is 9.27. The Balaban J connectivity index is 2.42. The Morgan fingerprint density at radius 1 is 1.41 bits per heavy atom. The second-order valence-corrected chi connectivity index (χ2v) is 4.00. The fourth-order valence-electron chi connectivity index (χ4n) is 1.71. The number of H-pyrrole nitrogens is 1. The first-order chi connectivity index (χ1) is 8.26. The van der Waals surface area contributed by atoms with E-state index in [1.165, 1.54) is 0 Å². The van der Waals surface area contributed by atoms with Gasteiger partial charge in [0.05, 0.1) is 19.1 Å². The zero-order valence-corrected chi connectivity index (χ0v) is 10.0. The van der Waals surface area contributed by atoms with E-state index in [1.807, 2.05) is 12.1 Å². The van der Waals surface area contributed by atoms with Crippen molar-refractivity contribution >= 4 is 11.6 Å². The van der Waals surface area contributed by atoms with Crippen LogP contribution in [0.25, 0.3) is 0 Å². The number of halogens is 1. The fraction of sp³-hybridized carbons (Fsp3) is 0.154. The van der Waals surface area contributed by atoms with E-state index in [2.05, 4.69) is 11.1 Å². The van der Waals surface area contributed by atoms with Crippen LogP contribution in [-0.2, 0) is 0 Å². The van der Waals surface area contributed by atoms with E-state index >= 15 is 0 Å². The Bertz CT molecular complexity index is 543. The second-order valence-electron chi connectivity index (χ2n) is 3.59. The predicted octanol–water partition coefficient (Wildman–Crippen LogP) is 3.33. The standard InChI is InChI=1S/C13H11ClN2O/c1-17-10-2-3-11(13(14)6-10)12(7-15)9-4-5-16-8-9/h2-6,8,12,16H,1H3. The molecule has 1 N–H and O–H groups in total. The SMILES string of the molecule is COc1ccc(C(C#N)c2cc[nH]c2)c(Cl)c1. The molecule has 0 spiro atoms. The minimum atomic E-state index is -0.361. The molecule has 17 heavy (non-hydrogen) atoms. The van der Waals surface area contributed by atoms with E-state index in [0.29, 0.717) is 10.8 Å². The molecule has 0 saturated heterocycles. The van der Waals surface area contributed by atoms with Crippen LogP contribution in [0.15, 0.2) is 36.7 Å². The maximum atomic E-state index is 9.25. The molecule has 0 bridgehead atoms. The zero-order chi connectivity index (χ0) is 12.3. The van der Waals surface area contributed by atoms with Crippen LogP contribution in [0.4, 0.5) is 0 Å². The molecule has 0 fully saturated rings. The first-order valence-corrected chi connectivity index (χ1v) is 5.50. The van der Waals surface area contributed by atoms with Gasteiger partial charge in [0.2, 0.25) is 0 Å². The van der Waals surface area contributed by atoms with E-state index in [1.54, 1.807) is 31.6 Å². The van der Waals surface area contributed by atoms with Crippen molar-refractivity contribution in [3.05, 3.63) is 52.8 Å². The lowest BCUT2D eigenvalue weighted by molar-refractivity contribution is 0.414. The number of ether oxygens (including phenoxy) is 1. The highest BCUT2D eigenvalue weighted by Crippen LogP contribution is 2.32. The van der Waals surface area contributed by atoms with Crippen molar-refractivity contribution in [2.24, 2.45) is 0 Å². The van der Waals surface area contributed by atoms with E-state index < -0.39 is 0 Å². The number of methoxy groups -OCH3 is 1. The van der Waals surface area contributed by atoms with Crippen molar-refractivity contribution < 1.29 is 4.74 Å². The normalized spacial score (nSPS) is 11.8. The summed E-state index contributed by atoms with van der Waals surface area (Å²) in [5.74, 6) is 0.323. The van der Waals surface area contributed by atoms with Gasteiger partial charge in [-0.3, -0.25) is 0 Å². The van der Waals surface area contributed by atoms with Crippen LogP contribution >= 0.6 is 11.6 Å². The van der Waals surface area contributed by atoms with Gasteiger partial charge in [0.1, 0.15) is 5.75 Å². The smallest absolute Gasteiger partial charge is 0.120 e. The molecule has 0 aliphatic heterocycles. The van der Waals surface area contributed by atoms with E-state index in [4.69, 9.17) is 16.3 Å². The summed E-state index contributed by atoms with van der Waals surface area (Å²) < 4.78 is 5.08. The molecule has 2 rings (SSSR count). The predicted molar refractivity (Wildman–Crippen MR) is 66.3 cm³/mol. The van der Waals surface area contributed by atoms with Crippen molar-refractivity contribution in [3.63, 3.8) is 0 Å². The van der Waals surface area contributed by atoms with Crippen molar-refractivity contribution in [3.8, 4) is 11.8 Å². The number of nitrogens with one attached hydrogen (secondary N) is 1. The highest BCUT2D eigenvalue weighted by molar-refractivity contribution is 6.31. The van der Waals surface area contributed by atoms with Crippen LogP contribution in [0, 0.1) is 11.3 Å². The van der Waals surface area contributed by atoms with Gasteiger partial charge < -0.3 is 9.72 Å². The summed E-state index contributed by atoms with van der Waals surface area (Å²) in [7, 11) is 1.58. The lowest BCUT2D eigenvalue weighted by atomic mass is 9.94. The van der Waals surface area contributed by atoms with Gasteiger partial charge in [0.15, 0.2) is 0 Å². The van der Waals surface area contributed by atoms with Gasteiger partial charge >= 0.3 is 0 Å². The fourth-order valence-corrected chi connectivity index (χ4v) is 1.99. The maximum Gasteiger partial charge on any atom is 0.120 e. The molecule has 0 aliphatic carbocycles. The number of aromatic amines is 1. The monoisotopic (exact) mass is 246 g/mol. The van der Waals surface area contributed by atoms with Crippen molar-refractivity contribution in [2.75, 3.05) is 7.11 Å². The number of aromatic nitrogens is 1. The first kappa shape index (κ1) is 11.6. The Hall–Kier alpha value is -1.92. The van der Waals surface area contributed by atoms with Crippen molar-refractivity contribution in [1.29, 1.82) is 5.26 Å². The van der Waals surface area contributed by atoms with Crippen molar-refractivity contribution in [2.45, 2.75) is 5.92 Å². The molecule has 1 heterocycles. The first-order valence-electron chi connectivity index (χ1n) is 5.12. The number of benzene rings is 1. The molecule has 0 aliphatic rings. The van der Waals surface area contributed by atoms with Crippen LogP contribution in [0.3, 0.4) is 0 Å². The van der Waals surface area contributed by atoms with Crippen LogP contribution in [-0.4, -0.2) is 12.1 Å². The minimum absolute atomic E-state index is 0.361. The Kier molecular flexibility index (Phi) is 3.36. The van der Waals surface area contributed by atoms with E-state index in [9.17, 15) is 5.26 Å². The molecule has 0 radical (unpaired) electrons. The van der Waals surface area contributed by atoms with Gasteiger partial charge in [0.25, 0.3) is 0 Å². The molecule has 1 aromatic carbocycles. The largest absolute Gasteiger partial charge is 0.497 e. The highest BCUT2D eigenvalue weighted by atomic mass is 35.5. The van der Waals surface area contributed by atoms with Gasteiger partial charge in [-0.05, 0) is 29.3 Å². The number of hydrogen-bond donors (Lipinski definition) is 1. The lowest BCUT2D eigenvalue weighted by Crippen LogP contribution is -1.98. The molecule has 0 amide bonds. The maximum absolute atomic E-state index is 9.25. The Morgan fingerprint density at radius 2 is 2.24 bits per heavy atom. The van der Waals surface area contributed by atoms with Crippen LogP contribution in [0.1, 0.15) is 17.0 Å². The molecule has 0 saturated carbocycles. The molecular formula is C13H11ClN2O. The highest BCUT2D eigenvalue weighted by Gasteiger charge is 2.17. The van der Waals surface area contributed by atoms with Gasteiger partial charge in [-0.15, -0.1) is 0 Å². The molecule has 3 nitrogen and oxygen atoms in total. The minimum Gasteiger partial charge on any atom is -0.497 e. The third kappa shape index (κ3) is 2.27. The van der Waals surface area contributed by atoms with E-state index in [0.717, 1.165) is 11.1 Å². The molecule has 1 unspecified atom stereocenters. The Labute approximate surface area is 105 Å². The van der Waals surface area contributed by atoms with Gasteiger partial charge in [-0.1, -0.05) is 17.7 Å². The summed E-state index contributed by atoms with van der Waals surface area (Å²) in [6.07, 6.45) is 3.59. The lowest BCUT2D eigenvalue weighted by Gasteiger charge is -2.11. The second kappa shape index (κ2) is 4.94. The average molecular weight is 247 g/mol. The summed E-state index contributed by atoms with van der Waals surface area (Å²) in [6, 6.07) is 9.46. The number of nitriles is 1. The number of nitrogens with zero attached hydrogens (tertiary/aromatic N) is 1. The summed E-state index contributed by atoms with van der Waals surface area (Å²) in [5, 5.41) is 9.79. The van der Waals surface area contributed by atoms with Crippen LogP contribution in [0.2, 0.25) is 5.02 Å². The number of rotatable bonds is 3. The average Bonchev–Trinajstić information content (AvgIpc) is 2.85. The summed E-state index contributed by atoms with van der Waals surface area (Å²) in [5.41, 5.74) is 1.69. The third-order valence-corrected chi connectivity index (χ3v) is 2.93. The summed E-state index contributed by atoms with van der Waals surface area (Å²) >= 11 is 6.16. The topological polar surface area (TPSA) is 48.8 Å². The molecule has 4 heteroatoms. The molecular weight excluding hydrogens is 236 g/mol. The summed E-state index contributed by atoms with van der Waals surface area (Å²) in [4.78, 5) is 2.94. The molecule has 1 atom stereocenters. The van der Waals surface area contributed by atoms with Crippen molar-refractivity contribution in [1.82, 2.24) is 4.98 Å². The molecule has 2 aromatic rings. The quantitative estimate of drug-likeness (QED) is 0.903.